The first-order valence-electron chi connectivity index (χ1n) is 8.68. The van der Waals surface area contributed by atoms with E-state index in [1.54, 1.807) is 30.3 Å². The summed E-state index contributed by atoms with van der Waals surface area (Å²) in [6, 6.07) is 18.7. The predicted molar refractivity (Wildman–Crippen MR) is 110 cm³/mol. The minimum absolute atomic E-state index is 0.0934. The lowest BCUT2D eigenvalue weighted by atomic mass is 10.2. The Morgan fingerprint density at radius 1 is 1.07 bits per heavy atom. The van der Waals surface area contributed by atoms with Gasteiger partial charge in [-0.15, -0.1) is 11.3 Å². The molecular formula is C21H17N3O3S. The molecule has 0 fully saturated rings. The fraction of sp³-hybridized carbons (Fsp3) is 0.0952. The fourth-order valence-corrected chi connectivity index (χ4v) is 3.46. The molecule has 0 atom stereocenters. The SMILES string of the molecule is O=C(Cn1cnc2sccc2c1=O)Nc1ccc(OCc2ccccc2)cc1. The van der Waals surface area contributed by atoms with Crippen LogP contribution in [0.4, 0.5) is 5.69 Å². The van der Waals surface area contributed by atoms with E-state index in [4.69, 9.17) is 4.74 Å². The van der Waals surface area contributed by atoms with Gasteiger partial charge in [-0.3, -0.25) is 14.2 Å². The molecule has 0 bridgehead atoms. The Kier molecular flexibility index (Phi) is 5.16. The Hall–Kier alpha value is -3.45. The summed E-state index contributed by atoms with van der Waals surface area (Å²) in [4.78, 5) is 29.5. The van der Waals surface area contributed by atoms with Crippen LogP contribution in [0.3, 0.4) is 0 Å². The zero-order valence-electron chi connectivity index (χ0n) is 14.9. The van der Waals surface area contributed by atoms with Crippen LogP contribution < -0.4 is 15.6 Å². The third-order valence-corrected chi connectivity index (χ3v) is 4.97. The molecule has 28 heavy (non-hydrogen) atoms. The van der Waals surface area contributed by atoms with Gasteiger partial charge in [-0.2, -0.15) is 0 Å². The van der Waals surface area contributed by atoms with E-state index in [9.17, 15) is 9.59 Å². The van der Waals surface area contributed by atoms with E-state index in [0.717, 1.165) is 5.56 Å². The summed E-state index contributed by atoms with van der Waals surface area (Å²) in [5, 5.41) is 5.12. The summed E-state index contributed by atoms with van der Waals surface area (Å²) >= 11 is 1.40. The third-order valence-electron chi connectivity index (χ3n) is 4.15. The molecule has 4 rings (SSSR count). The molecule has 2 aromatic carbocycles. The van der Waals surface area contributed by atoms with E-state index in [1.165, 1.54) is 22.2 Å². The molecule has 2 heterocycles. The van der Waals surface area contributed by atoms with Crippen molar-refractivity contribution in [2.75, 3.05) is 5.32 Å². The van der Waals surface area contributed by atoms with Gasteiger partial charge in [0.15, 0.2) is 0 Å². The Labute approximate surface area is 165 Å². The van der Waals surface area contributed by atoms with Crippen LogP contribution in [0.25, 0.3) is 10.2 Å². The van der Waals surface area contributed by atoms with Crippen molar-refractivity contribution in [1.82, 2.24) is 9.55 Å². The first-order chi connectivity index (χ1) is 13.7. The summed E-state index contributed by atoms with van der Waals surface area (Å²) in [6.07, 6.45) is 1.40. The van der Waals surface area contributed by atoms with Crippen LogP contribution >= 0.6 is 11.3 Å². The van der Waals surface area contributed by atoms with Gasteiger partial charge in [0, 0.05) is 5.69 Å². The number of anilines is 1. The molecular weight excluding hydrogens is 374 g/mol. The summed E-state index contributed by atoms with van der Waals surface area (Å²) in [6.45, 7) is 0.386. The minimum Gasteiger partial charge on any atom is -0.489 e. The zero-order valence-corrected chi connectivity index (χ0v) is 15.7. The van der Waals surface area contributed by atoms with Crippen molar-refractivity contribution in [3.05, 3.63) is 88.3 Å². The second-order valence-corrected chi connectivity index (χ2v) is 7.06. The molecule has 1 N–H and O–H groups in total. The van der Waals surface area contributed by atoms with Gasteiger partial charge in [0.1, 0.15) is 23.7 Å². The number of aromatic nitrogens is 2. The number of ether oxygens (including phenoxy) is 1. The number of carbonyl (C=O) groups is 1. The topological polar surface area (TPSA) is 73.2 Å². The van der Waals surface area contributed by atoms with Crippen molar-refractivity contribution in [3.63, 3.8) is 0 Å². The summed E-state index contributed by atoms with van der Waals surface area (Å²) in [7, 11) is 0. The van der Waals surface area contributed by atoms with Crippen molar-refractivity contribution in [2.24, 2.45) is 0 Å². The molecule has 1 amide bonds. The highest BCUT2D eigenvalue weighted by Gasteiger charge is 2.09. The molecule has 6 nitrogen and oxygen atoms in total. The second-order valence-electron chi connectivity index (χ2n) is 6.16. The van der Waals surface area contributed by atoms with Gasteiger partial charge in [-0.25, -0.2) is 4.98 Å². The standard InChI is InChI=1S/C21H17N3O3S/c25-19(12-24-14-22-20-18(21(24)26)10-11-28-20)23-16-6-8-17(9-7-16)27-13-15-4-2-1-3-5-15/h1-11,14H,12-13H2,(H,23,25). The highest BCUT2D eigenvalue weighted by molar-refractivity contribution is 7.16. The number of carbonyl (C=O) groups excluding carboxylic acids is 1. The average Bonchev–Trinajstić information content (AvgIpc) is 3.20. The van der Waals surface area contributed by atoms with Gasteiger partial charge < -0.3 is 10.1 Å². The molecule has 0 aliphatic heterocycles. The highest BCUT2D eigenvalue weighted by Crippen LogP contribution is 2.17. The van der Waals surface area contributed by atoms with E-state index in [1.807, 2.05) is 35.7 Å². The Morgan fingerprint density at radius 3 is 2.64 bits per heavy atom. The number of rotatable bonds is 6. The van der Waals surface area contributed by atoms with Crippen molar-refractivity contribution in [2.45, 2.75) is 13.2 Å². The lowest BCUT2D eigenvalue weighted by Crippen LogP contribution is -2.27. The van der Waals surface area contributed by atoms with Gasteiger partial charge in [-0.1, -0.05) is 30.3 Å². The Balaban J connectivity index is 1.36. The maximum Gasteiger partial charge on any atom is 0.262 e. The molecule has 0 radical (unpaired) electrons. The van der Waals surface area contributed by atoms with Crippen LogP contribution in [0.1, 0.15) is 5.56 Å². The summed E-state index contributed by atoms with van der Waals surface area (Å²) in [5.74, 6) is 0.418. The normalized spacial score (nSPS) is 10.7. The molecule has 0 saturated carbocycles. The molecule has 0 saturated heterocycles. The van der Waals surface area contributed by atoms with Crippen LogP contribution in [0.5, 0.6) is 5.75 Å². The monoisotopic (exact) mass is 391 g/mol. The number of amides is 1. The van der Waals surface area contributed by atoms with Gasteiger partial charge >= 0.3 is 0 Å². The second kappa shape index (κ2) is 8.06. The quantitative estimate of drug-likeness (QED) is 0.544. The molecule has 0 aliphatic carbocycles. The van der Waals surface area contributed by atoms with Gasteiger partial charge in [0.05, 0.1) is 11.7 Å². The van der Waals surface area contributed by atoms with Crippen molar-refractivity contribution < 1.29 is 9.53 Å². The smallest absolute Gasteiger partial charge is 0.262 e. The number of nitrogens with one attached hydrogen (secondary N) is 1. The van der Waals surface area contributed by atoms with E-state index in [-0.39, 0.29) is 18.0 Å². The molecule has 2 aromatic heterocycles. The third kappa shape index (κ3) is 4.10. The van der Waals surface area contributed by atoms with Gasteiger partial charge in [0.25, 0.3) is 5.56 Å². The first-order valence-corrected chi connectivity index (χ1v) is 9.56. The lowest BCUT2D eigenvalue weighted by Gasteiger charge is -2.09. The molecule has 0 spiro atoms. The molecule has 140 valence electrons. The van der Waals surface area contributed by atoms with Crippen molar-refractivity contribution >= 4 is 33.1 Å². The fourth-order valence-electron chi connectivity index (χ4n) is 2.74. The number of thiophene rings is 1. The summed E-state index contributed by atoms with van der Waals surface area (Å²) in [5.41, 5.74) is 1.50. The number of hydrogen-bond donors (Lipinski definition) is 1. The maximum absolute atomic E-state index is 12.3. The van der Waals surface area contributed by atoms with Crippen LogP contribution in [-0.2, 0) is 17.9 Å². The minimum atomic E-state index is -0.295. The van der Waals surface area contributed by atoms with Crippen LogP contribution in [0.15, 0.2) is 77.2 Å². The average molecular weight is 391 g/mol. The first kappa shape index (κ1) is 17.9. The van der Waals surface area contributed by atoms with E-state index in [2.05, 4.69) is 10.3 Å². The van der Waals surface area contributed by atoms with Gasteiger partial charge in [-0.05, 0) is 41.3 Å². The van der Waals surface area contributed by atoms with E-state index < -0.39 is 0 Å². The lowest BCUT2D eigenvalue weighted by molar-refractivity contribution is -0.116. The van der Waals surface area contributed by atoms with Gasteiger partial charge in [0.2, 0.25) is 5.91 Å². The number of nitrogens with zero attached hydrogens (tertiary/aromatic N) is 2. The maximum atomic E-state index is 12.3. The molecule has 0 aliphatic rings. The number of fused-ring (bicyclic) bond motifs is 1. The predicted octanol–water partition coefficient (Wildman–Crippen LogP) is 3.68. The number of hydrogen-bond acceptors (Lipinski definition) is 5. The highest BCUT2D eigenvalue weighted by atomic mass is 32.1. The van der Waals surface area contributed by atoms with Crippen LogP contribution in [0.2, 0.25) is 0 Å². The molecule has 4 aromatic rings. The largest absolute Gasteiger partial charge is 0.489 e. The van der Waals surface area contributed by atoms with Crippen LogP contribution in [0, 0.1) is 0 Å². The van der Waals surface area contributed by atoms with Crippen molar-refractivity contribution in [1.29, 1.82) is 0 Å². The van der Waals surface area contributed by atoms with E-state index in [0.29, 0.717) is 28.3 Å². The Bertz CT molecular complexity index is 1150. The Morgan fingerprint density at radius 2 is 1.86 bits per heavy atom. The molecule has 0 unspecified atom stereocenters. The van der Waals surface area contributed by atoms with Crippen LogP contribution in [-0.4, -0.2) is 15.5 Å². The zero-order chi connectivity index (χ0) is 19.3. The summed E-state index contributed by atoms with van der Waals surface area (Å²) < 4.78 is 7.04. The van der Waals surface area contributed by atoms with Crippen molar-refractivity contribution in [3.8, 4) is 5.75 Å². The molecule has 7 heteroatoms. The van der Waals surface area contributed by atoms with E-state index >= 15 is 0 Å². The number of benzene rings is 2.